The van der Waals surface area contributed by atoms with Crippen molar-refractivity contribution in [2.24, 2.45) is 11.7 Å². The Morgan fingerprint density at radius 2 is 1.92 bits per heavy atom. The fraction of sp³-hybridized carbons (Fsp3) is 1.00. The summed E-state index contributed by atoms with van der Waals surface area (Å²) in [5.41, 5.74) is 6.08. The summed E-state index contributed by atoms with van der Waals surface area (Å²) >= 11 is 0. The fourth-order valence-corrected chi connectivity index (χ4v) is 2.26. The van der Waals surface area contributed by atoms with Crippen LogP contribution in [0.4, 0.5) is 0 Å². The van der Waals surface area contributed by atoms with E-state index in [-0.39, 0.29) is 0 Å². The van der Waals surface area contributed by atoms with Crippen molar-refractivity contribution in [1.29, 1.82) is 0 Å². The van der Waals surface area contributed by atoms with Crippen molar-refractivity contribution in [2.75, 3.05) is 20.6 Å². The SMILES string of the molecule is CN(C)CCCC1CCCCC1N. The van der Waals surface area contributed by atoms with Crippen LogP contribution in [-0.4, -0.2) is 31.6 Å². The summed E-state index contributed by atoms with van der Waals surface area (Å²) in [6.45, 7) is 1.21. The lowest BCUT2D eigenvalue weighted by molar-refractivity contribution is 0.272. The minimum atomic E-state index is 0.496. The van der Waals surface area contributed by atoms with Crippen molar-refractivity contribution >= 4 is 0 Å². The van der Waals surface area contributed by atoms with Gasteiger partial charge < -0.3 is 10.6 Å². The monoisotopic (exact) mass is 184 g/mol. The molecule has 0 saturated heterocycles. The molecule has 1 fully saturated rings. The second-order valence-electron chi connectivity index (χ2n) is 4.65. The minimum Gasteiger partial charge on any atom is -0.327 e. The molecule has 0 aromatic heterocycles. The minimum absolute atomic E-state index is 0.496. The molecule has 78 valence electrons. The number of hydrogen-bond donors (Lipinski definition) is 1. The molecular weight excluding hydrogens is 160 g/mol. The molecule has 1 aliphatic carbocycles. The van der Waals surface area contributed by atoms with E-state index < -0.39 is 0 Å². The molecule has 0 heterocycles. The van der Waals surface area contributed by atoms with Gasteiger partial charge in [-0.1, -0.05) is 12.8 Å². The molecule has 0 bridgehead atoms. The van der Waals surface area contributed by atoms with Crippen molar-refractivity contribution in [1.82, 2.24) is 4.90 Å². The summed E-state index contributed by atoms with van der Waals surface area (Å²) < 4.78 is 0. The number of nitrogens with two attached hydrogens (primary N) is 1. The van der Waals surface area contributed by atoms with E-state index in [1.165, 1.54) is 45.1 Å². The molecule has 1 saturated carbocycles. The van der Waals surface area contributed by atoms with E-state index in [9.17, 15) is 0 Å². The summed E-state index contributed by atoms with van der Waals surface area (Å²) in [6, 6.07) is 0.496. The molecule has 0 spiro atoms. The predicted octanol–water partition coefficient (Wildman–Crippen LogP) is 1.85. The van der Waals surface area contributed by atoms with Crippen molar-refractivity contribution in [3.05, 3.63) is 0 Å². The third kappa shape index (κ3) is 4.10. The Morgan fingerprint density at radius 1 is 1.23 bits per heavy atom. The van der Waals surface area contributed by atoms with Crippen LogP contribution >= 0.6 is 0 Å². The van der Waals surface area contributed by atoms with Crippen LogP contribution in [0, 0.1) is 5.92 Å². The molecule has 0 aliphatic heterocycles. The molecule has 2 nitrogen and oxygen atoms in total. The number of rotatable bonds is 4. The van der Waals surface area contributed by atoms with Crippen molar-refractivity contribution < 1.29 is 0 Å². The van der Waals surface area contributed by atoms with Gasteiger partial charge in [0.2, 0.25) is 0 Å². The average Bonchev–Trinajstić information content (AvgIpc) is 2.08. The van der Waals surface area contributed by atoms with Crippen LogP contribution in [0.1, 0.15) is 38.5 Å². The molecule has 1 rings (SSSR count). The highest BCUT2D eigenvalue weighted by atomic mass is 15.0. The highest BCUT2D eigenvalue weighted by Gasteiger charge is 2.20. The normalized spacial score (nSPS) is 29.5. The fourth-order valence-electron chi connectivity index (χ4n) is 2.26. The number of nitrogens with zero attached hydrogens (tertiary/aromatic N) is 1. The van der Waals surface area contributed by atoms with Crippen molar-refractivity contribution in [2.45, 2.75) is 44.6 Å². The van der Waals surface area contributed by atoms with E-state index in [0.717, 1.165) is 5.92 Å². The molecule has 0 amide bonds. The Kier molecular flexibility index (Phi) is 4.74. The maximum absolute atomic E-state index is 6.08. The molecule has 13 heavy (non-hydrogen) atoms. The van der Waals surface area contributed by atoms with Crippen LogP contribution in [0.15, 0.2) is 0 Å². The van der Waals surface area contributed by atoms with Gasteiger partial charge >= 0.3 is 0 Å². The van der Waals surface area contributed by atoms with E-state index in [2.05, 4.69) is 19.0 Å². The summed E-state index contributed by atoms with van der Waals surface area (Å²) in [7, 11) is 4.28. The Labute approximate surface area is 82.5 Å². The lowest BCUT2D eigenvalue weighted by Crippen LogP contribution is -2.33. The highest BCUT2D eigenvalue weighted by molar-refractivity contribution is 4.77. The van der Waals surface area contributed by atoms with Crippen molar-refractivity contribution in [3.63, 3.8) is 0 Å². The first-order valence-electron chi connectivity index (χ1n) is 5.60. The molecule has 2 N–H and O–H groups in total. The molecule has 0 radical (unpaired) electrons. The lowest BCUT2D eigenvalue weighted by atomic mass is 9.82. The van der Waals surface area contributed by atoms with Gasteiger partial charge in [-0.2, -0.15) is 0 Å². The molecule has 2 unspecified atom stereocenters. The summed E-state index contributed by atoms with van der Waals surface area (Å²) in [6.07, 6.45) is 8.03. The Hall–Kier alpha value is -0.0800. The van der Waals surface area contributed by atoms with Gasteiger partial charge in [0, 0.05) is 6.04 Å². The van der Waals surface area contributed by atoms with Crippen molar-refractivity contribution in [3.8, 4) is 0 Å². The predicted molar refractivity (Wildman–Crippen MR) is 57.7 cm³/mol. The smallest absolute Gasteiger partial charge is 0.00671 e. The van der Waals surface area contributed by atoms with E-state index in [0.29, 0.717) is 6.04 Å². The molecular formula is C11H24N2. The molecule has 0 aromatic rings. The maximum Gasteiger partial charge on any atom is 0.00671 e. The molecule has 0 aromatic carbocycles. The van der Waals surface area contributed by atoms with Gasteiger partial charge in [0.15, 0.2) is 0 Å². The molecule has 1 aliphatic rings. The zero-order valence-corrected chi connectivity index (χ0v) is 9.13. The average molecular weight is 184 g/mol. The standard InChI is InChI=1S/C11H24N2/c1-13(2)9-5-7-10-6-3-4-8-11(10)12/h10-11H,3-9,12H2,1-2H3. The van der Waals surface area contributed by atoms with Crippen LogP contribution in [0.5, 0.6) is 0 Å². The van der Waals surface area contributed by atoms with E-state index in [1.807, 2.05) is 0 Å². The zero-order valence-electron chi connectivity index (χ0n) is 9.13. The Morgan fingerprint density at radius 3 is 2.54 bits per heavy atom. The first-order chi connectivity index (χ1) is 6.20. The van der Waals surface area contributed by atoms with Crippen LogP contribution < -0.4 is 5.73 Å². The zero-order chi connectivity index (χ0) is 9.68. The van der Waals surface area contributed by atoms with Crippen LogP contribution in [0.2, 0.25) is 0 Å². The Bertz CT molecular complexity index is 134. The maximum atomic E-state index is 6.08. The number of hydrogen-bond acceptors (Lipinski definition) is 2. The first-order valence-corrected chi connectivity index (χ1v) is 5.60. The van der Waals surface area contributed by atoms with Crippen LogP contribution in [-0.2, 0) is 0 Å². The quantitative estimate of drug-likeness (QED) is 0.722. The van der Waals surface area contributed by atoms with Gasteiger partial charge in [-0.25, -0.2) is 0 Å². The lowest BCUT2D eigenvalue weighted by Gasteiger charge is -2.28. The van der Waals surface area contributed by atoms with Crippen LogP contribution in [0.3, 0.4) is 0 Å². The Balaban J connectivity index is 2.11. The highest BCUT2D eigenvalue weighted by Crippen LogP contribution is 2.26. The van der Waals surface area contributed by atoms with Gasteiger partial charge in [0.25, 0.3) is 0 Å². The van der Waals surface area contributed by atoms with Gasteiger partial charge in [-0.15, -0.1) is 0 Å². The topological polar surface area (TPSA) is 29.3 Å². The van der Waals surface area contributed by atoms with Gasteiger partial charge in [0.1, 0.15) is 0 Å². The van der Waals surface area contributed by atoms with Gasteiger partial charge in [-0.05, 0) is 52.2 Å². The van der Waals surface area contributed by atoms with Crippen LogP contribution in [0.25, 0.3) is 0 Å². The van der Waals surface area contributed by atoms with Gasteiger partial charge in [-0.3, -0.25) is 0 Å². The second-order valence-corrected chi connectivity index (χ2v) is 4.65. The summed E-state index contributed by atoms with van der Waals surface area (Å²) in [5, 5.41) is 0. The first kappa shape index (κ1) is 11.0. The van der Waals surface area contributed by atoms with Gasteiger partial charge in [0.05, 0.1) is 0 Å². The summed E-state index contributed by atoms with van der Waals surface area (Å²) in [5.74, 6) is 0.814. The largest absolute Gasteiger partial charge is 0.327 e. The summed E-state index contributed by atoms with van der Waals surface area (Å²) in [4.78, 5) is 2.26. The third-order valence-corrected chi connectivity index (χ3v) is 3.15. The van der Waals surface area contributed by atoms with E-state index >= 15 is 0 Å². The third-order valence-electron chi connectivity index (χ3n) is 3.15. The second kappa shape index (κ2) is 5.61. The molecule has 2 atom stereocenters. The molecule has 2 heteroatoms. The van der Waals surface area contributed by atoms with E-state index in [1.54, 1.807) is 0 Å². The van der Waals surface area contributed by atoms with E-state index in [4.69, 9.17) is 5.73 Å².